The predicted octanol–water partition coefficient (Wildman–Crippen LogP) is 1.16. The molecule has 0 radical (unpaired) electrons. The van der Waals surface area contributed by atoms with Gasteiger partial charge in [-0.25, -0.2) is 0 Å². The Morgan fingerprint density at radius 1 is 0.872 bits per heavy atom. The van der Waals surface area contributed by atoms with E-state index in [9.17, 15) is 29.1 Å². The van der Waals surface area contributed by atoms with Crippen molar-refractivity contribution < 1.29 is 33.8 Å². The molecule has 1 aliphatic heterocycles. The Kier molecular flexibility index (Phi) is 13.0. The van der Waals surface area contributed by atoms with Crippen LogP contribution in [0.5, 0.6) is 0 Å². The van der Waals surface area contributed by atoms with Gasteiger partial charge in [-0.05, 0) is 38.0 Å². The van der Waals surface area contributed by atoms with E-state index in [2.05, 4.69) is 16.0 Å². The van der Waals surface area contributed by atoms with Crippen LogP contribution in [-0.4, -0.2) is 88.9 Å². The van der Waals surface area contributed by atoms with E-state index >= 15 is 0 Å². The molecule has 0 aromatic rings. The highest BCUT2D eigenvalue weighted by atomic mass is 16.6. The molecule has 8 atom stereocenters. The van der Waals surface area contributed by atoms with Crippen LogP contribution in [0.1, 0.15) is 81.6 Å². The number of ether oxygens (including phenoxy) is 1. The van der Waals surface area contributed by atoms with Crippen LogP contribution >= 0.6 is 0 Å². The molecule has 0 aromatic heterocycles. The van der Waals surface area contributed by atoms with E-state index in [1.807, 2.05) is 34.6 Å². The van der Waals surface area contributed by atoms with Crippen molar-refractivity contribution in [3.8, 4) is 0 Å². The van der Waals surface area contributed by atoms with Gasteiger partial charge in [0.1, 0.15) is 23.7 Å². The Balaban J connectivity index is 3.15. The van der Waals surface area contributed by atoms with E-state index in [0.717, 1.165) is 0 Å². The summed E-state index contributed by atoms with van der Waals surface area (Å²) in [5.41, 5.74) is -0.943. The molecule has 0 aromatic carbocycles. The van der Waals surface area contributed by atoms with Gasteiger partial charge < -0.3 is 30.7 Å². The highest BCUT2D eigenvalue weighted by molar-refractivity contribution is 5.99. The minimum Gasteiger partial charge on any atom is -0.391 e. The number of nitrogens with one attached hydrogen (secondary N) is 3. The number of amides is 4. The molecule has 1 aliphatic rings. The smallest absolute Gasteiger partial charge is 0.245 e. The number of Topliss-reactive ketones (excluding diaryl/α,β-unsaturated/α-hetero) is 1. The maximum atomic E-state index is 13.4. The number of carbonyl (C=O) groups is 5. The lowest BCUT2D eigenvalue weighted by molar-refractivity contribution is -0.141. The van der Waals surface area contributed by atoms with Gasteiger partial charge in [-0.3, -0.25) is 24.0 Å². The summed E-state index contributed by atoms with van der Waals surface area (Å²) in [7, 11) is 1.55. The number of ketones is 1. The molecular weight excluding hydrogens is 504 g/mol. The zero-order valence-corrected chi connectivity index (χ0v) is 25.3. The first-order valence-corrected chi connectivity index (χ1v) is 14.0. The molecule has 1 saturated heterocycles. The lowest BCUT2D eigenvalue weighted by Crippen LogP contribution is -2.62. The fourth-order valence-electron chi connectivity index (χ4n) is 4.41. The fourth-order valence-corrected chi connectivity index (χ4v) is 4.41. The van der Waals surface area contributed by atoms with Crippen LogP contribution in [-0.2, 0) is 28.7 Å². The van der Waals surface area contributed by atoms with Crippen molar-refractivity contribution >= 4 is 29.4 Å². The second kappa shape index (κ2) is 14.7. The Labute approximate surface area is 233 Å². The van der Waals surface area contributed by atoms with Crippen LogP contribution in [0.15, 0.2) is 0 Å². The number of epoxide rings is 1. The standard InChI is InChI=1S/C28H50N4O7/c1-11-16(5)21(30-27(38)23(17(6)12-2)32(10)19(8)34)25(36)31-22(18(7)33)26(37)29-20(13-15(3)4)24(35)28(9)14-39-28/h15-18,20-23,33H,11-14H2,1-10H3,(H,29,37)(H,30,38)(H,31,36)/t16-,17-,18-,20-,21-,22-,23-,28+/m0/s1. The third kappa shape index (κ3) is 9.56. The van der Waals surface area contributed by atoms with Gasteiger partial charge in [-0.15, -0.1) is 0 Å². The Hall–Kier alpha value is -2.53. The molecule has 11 heteroatoms. The molecule has 1 fully saturated rings. The normalized spacial score (nSPS) is 21.9. The number of aliphatic hydroxyl groups excluding tert-OH is 1. The summed E-state index contributed by atoms with van der Waals surface area (Å²) in [6.07, 6.45) is 0.280. The summed E-state index contributed by atoms with van der Waals surface area (Å²) in [5, 5.41) is 18.5. The molecule has 1 rings (SSSR count). The molecule has 39 heavy (non-hydrogen) atoms. The van der Waals surface area contributed by atoms with Gasteiger partial charge in [-0.2, -0.15) is 0 Å². The number of nitrogens with zero attached hydrogens (tertiary/aromatic N) is 1. The van der Waals surface area contributed by atoms with Crippen molar-refractivity contribution in [1.82, 2.24) is 20.9 Å². The lowest BCUT2D eigenvalue weighted by Gasteiger charge is -2.34. The molecule has 0 unspecified atom stereocenters. The SMILES string of the molecule is CC[C@H](C)[C@H](NC(=O)[C@H]([C@@H](C)CC)N(C)C(C)=O)C(=O)N[C@H](C(=O)N[C@@H](CC(C)C)C(=O)[C@@]1(C)CO1)[C@H](C)O. The first-order chi connectivity index (χ1) is 18.0. The first kappa shape index (κ1) is 34.5. The zero-order valence-electron chi connectivity index (χ0n) is 25.3. The molecule has 1 heterocycles. The molecule has 0 aliphatic carbocycles. The summed E-state index contributed by atoms with van der Waals surface area (Å²) < 4.78 is 5.27. The molecule has 0 spiro atoms. The molecule has 0 saturated carbocycles. The average Bonchev–Trinajstić information content (AvgIpc) is 3.61. The summed E-state index contributed by atoms with van der Waals surface area (Å²) in [4.78, 5) is 66.4. The number of aliphatic hydroxyl groups is 1. The van der Waals surface area contributed by atoms with Gasteiger partial charge in [0, 0.05) is 14.0 Å². The van der Waals surface area contributed by atoms with Crippen LogP contribution in [0.2, 0.25) is 0 Å². The molecule has 224 valence electrons. The monoisotopic (exact) mass is 554 g/mol. The van der Waals surface area contributed by atoms with Crippen molar-refractivity contribution in [1.29, 1.82) is 0 Å². The quantitative estimate of drug-likeness (QED) is 0.209. The van der Waals surface area contributed by atoms with Crippen molar-refractivity contribution in [3.05, 3.63) is 0 Å². The van der Waals surface area contributed by atoms with E-state index in [0.29, 0.717) is 19.3 Å². The minimum atomic E-state index is -1.36. The summed E-state index contributed by atoms with van der Waals surface area (Å²) >= 11 is 0. The predicted molar refractivity (Wildman–Crippen MR) is 147 cm³/mol. The Bertz CT molecular complexity index is 887. The highest BCUT2D eigenvalue weighted by Gasteiger charge is 2.50. The van der Waals surface area contributed by atoms with Gasteiger partial charge in [0.15, 0.2) is 5.78 Å². The fraction of sp³-hybridized carbons (Fsp3) is 0.821. The average molecular weight is 555 g/mol. The Morgan fingerprint density at radius 3 is 1.77 bits per heavy atom. The second-order valence-electron chi connectivity index (χ2n) is 11.6. The van der Waals surface area contributed by atoms with E-state index in [1.165, 1.54) is 18.7 Å². The summed E-state index contributed by atoms with van der Waals surface area (Å²) in [6.45, 7) is 16.0. The minimum absolute atomic E-state index is 0.0952. The van der Waals surface area contributed by atoms with Gasteiger partial charge in [-0.1, -0.05) is 54.4 Å². The molecule has 0 bridgehead atoms. The van der Waals surface area contributed by atoms with E-state index < -0.39 is 53.6 Å². The lowest BCUT2D eigenvalue weighted by atomic mass is 9.92. The van der Waals surface area contributed by atoms with E-state index in [1.54, 1.807) is 20.9 Å². The number of hydrogen-bond donors (Lipinski definition) is 4. The number of likely N-dealkylation sites (N-methyl/N-ethyl adjacent to an activating group) is 1. The maximum absolute atomic E-state index is 13.4. The number of carbonyl (C=O) groups excluding carboxylic acids is 5. The molecular formula is C28H50N4O7. The van der Waals surface area contributed by atoms with Crippen molar-refractivity contribution in [3.63, 3.8) is 0 Å². The van der Waals surface area contributed by atoms with Gasteiger partial charge in [0.2, 0.25) is 23.6 Å². The maximum Gasteiger partial charge on any atom is 0.245 e. The van der Waals surface area contributed by atoms with Crippen LogP contribution in [0.4, 0.5) is 0 Å². The van der Waals surface area contributed by atoms with Crippen LogP contribution in [0, 0.1) is 17.8 Å². The molecule has 4 amide bonds. The summed E-state index contributed by atoms with van der Waals surface area (Å²) in [6, 6.07) is -4.00. The van der Waals surface area contributed by atoms with Crippen molar-refractivity contribution in [2.24, 2.45) is 17.8 Å². The Morgan fingerprint density at radius 2 is 1.36 bits per heavy atom. The van der Waals surface area contributed by atoms with E-state index in [4.69, 9.17) is 4.74 Å². The summed E-state index contributed by atoms with van der Waals surface area (Å²) in [5.74, 6) is -2.73. The topological polar surface area (TPSA) is 157 Å². The zero-order chi connectivity index (χ0) is 30.2. The van der Waals surface area contributed by atoms with Crippen LogP contribution in [0.3, 0.4) is 0 Å². The first-order valence-electron chi connectivity index (χ1n) is 14.0. The number of rotatable bonds is 16. The third-order valence-electron chi connectivity index (χ3n) is 7.66. The third-order valence-corrected chi connectivity index (χ3v) is 7.66. The van der Waals surface area contributed by atoms with Gasteiger partial charge in [0.25, 0.3) is 0 Å². The second-order valence-corrected chi connectivity index (χ2v) is 11.6. The van der Waals surface area contributed by atoms with Crippen molar-refractivity contribution in [2.75, 3.05) is 13.7 Å². The highest BCUT2D eigenvalue weighted by Crippen LogP contribution is 2.29. The van der Waals surface area contributed by atoms with Crippen molar-refractivity contribution in [2.45, 2.75) is 117 Å². The largest absolute Gasteiger partial charge is 0.391 e. The van der Waals surface area contributed by atoms with E-state index in [-0.39, 0.29) is 36.1 Å². The molecule has 11 nitrogen and oxygen atoms in total. The number of hydrogen-bond acceptors (Lipinski definition) is 7. The van der Waals surface area contributed by atoms with Gasteiger partial charge in [0.05, 0.1) is 18.8 Å². The molecule has 4 N–H and O–H groups in total. The van der Waals surface area contributed by atoms with Crippen LogP contribution in [0.25, 0.3) is 0 Å². The van der Waals surface area contributed by atoms with Crippen LogP contribution < -0.4 is 16.0 Å². The van der Waals surface area contributed by atoms with Gasteiger partial charge >= 0.3 is 0 Å².